The van der Waals surface area contributed by atoms with Crippen LogP contribution in [0.5, 0.6) is 0 Å². The normalized spacial score (nSPS) is 16.5. The van der Waals surface area contributed by atoms with Gasteiger partial charge < -0.3 is 4.74 Å². The predicted octanol–water partition coefficient (Wildman–Crippen LogP) is 4.43. The summed E-state index contributed by atoms with van der Waals surface area (Å²) in [4.78, 5) is 36.5. The number of carbonyl (C=O) groups is 2. The van der Waals surface area contributed by atoms with Gasteiger partial charge in [0.2, 0.25) is 0 Å². The quantitative estimate of drug-likeness (QED) is 0.561. The van der Waals surface area contributed by atoms with Crippen LogP contribution >= 0.6 is 0 Å². The number of benzene rings is 1. The van der Waals surface area contributed by atoms with Crippen LogP contribution in [-0.2, 0) is 26.0 Å². The molecule has 0 unspecified atom stereocenters. The number of nitrogens with zero attached hydrogens (tertiary/aromatic N) is 4. The molecule has 9 nitrogen and oxygen atoms in total. The summed E-state index contributed by atoms with van der Waals surface area (Å²) in [5, 5.41) is 0. The lowest BCUT2D eigenvalue weighted by Gasteiger charge is -2.28. The third kappa shape index (κ3) is 5.69. The molecular weight excluding hydrogens is 480 g/mol. The van der Waals surface area contributed by atoms with Crippen molar-refractivity contribution < 1.29 is 22.7 Å². The van der Waals surface area contributed by atoms with Gasteiger partial charge in [-0.15, -0.1) is 0 Å². The van der Waals surface area contributed by atoms with Gasteiger partial charge in [0, 0.05) is 18.9 Å². The molecule has 0 N–H and O–H groups in total. The van der Waals surface area contributed by atoms with Crippen molar-refractivity contribution in [2.45, 2.75) is 76.7 Å². The summed E-state index contributed by atoms with van der Waals surface area (Å²) in [6.07, 6.45) is 5.80. The maximum atomic E-state index is 13.2. The zero-order valence-corrected chi connectivity index (χ0v) is 22.2. The second-order valence-electron chi connectivity index (χ2n) is 10.5. The van der Waals surface area contributed by atoms with E-state index in [4.69, 9.17) is 4.74 Å². The Hall–Kier alpha value is -3.01. The molecule has 2 aromatic rings. The highest BCUT2D eigenvalue weighted by atomic mass is 32.2. The Kier molecular flexibility index (Phi) is 7.36. The molecule has 0 saturated heterocycles. The number of anilines is 2. The number of hydrogen-bond acceptors (Lipinski definition) is 7. The molecule has 0 radical (unpaired) electrons. The Morgan fingerprint density at radius 2 is 1.78 bits per heavy atom. The fourth-order valence-electron chi connectivity index (χ4n) is 4.57. The van der Waals surface area contributed by atoms with E-state index in [1.807, 2.05) is 6.92 Å². The van der Waals surface area contributed by atoms with Crippen molar-refractivity contribution in [2.24, 2.45) is 5.92 Å². The Labute approximate surface area is 212 Å². The average molecular weight is 515 g/mol. The molecule has 1 aromatic heterocycles. The fraction of sp³-hybridized carbons (Fsp3) is 0.538. The van der Waals surface area contributed by atoms with E-state index in [0.717, 1.165) is 37.7 Å². The minimum Gasteiger partial charge on any atom is -0.443 e. The maximum Gasteiger partial charge on any atom is 0.416 e. The number of aromatic nitrogens is 2. The topological polar surface area (TPSA) is 110 Å². The van der Waals surface area contributed by atoms with Gasteiger partial charge in [-0.3, -0.25) is 9.69 Å². The number of fused-ring (bicyclic) bond motifs is 1. The summed E-state index contributed by atoms with van der Waals surface area (Å²) >= 11 is 0. The number of aryl methyl sites for hydroxylation is 1. The molecule has 1 aliphatic carbocycles. The number of ether oxygens (including phenoxy) is 1. The highest BCUT2D eigenvalue weighted by Crippen LogP contribution is 2.32. The summed E-state index contributed by atoms with van der Waals surface area (Å²) < 4.78 is 33.3. The van der Waals surface area contributed by atoms with E-state index in [0.29, 0.717) is 12.1 Å². The Morgan fingerprint density at radius 1 is 1.11 bits per heavy atom. The Balaban J connectivity index is 1.62. The summed E-state index contributed by atoms with van der Waals surface area (Å²) in [7, 11) is -3.80. The number of sulfonamides is 1. The minimum atomic E-state index is -3.80. The molecule has 10 heteroatoms. The van der Waals surface area contributed by atoms with E-state index in [1.165, 1.54) is 15.4 Å². The number of Topliss-reactive ketones (excluding diaryl/α,β-unsaturated/α-hetero) is 1. The highest BCUT2D eigenvalue weighted by molar-refractivity contribution is 7.92. The Bertz CT molecular complexity index is 1230. The Morgan fingerprint density at radius 3 is 2.42 bits per heavy atom. The van der Waals surface area contributed by atoms with Crippen molar-refractivity contribution in [3.05, 3.63) is 41.7 Å². The van der Waals surface area contributed by atoms with Crippen LogP contribution in [0.3, 0.4) is 0 Å². The van der Waals surface area contributed by atoms with Crippen LogP contribution in [0.1, 0.15) is 64.1 Å². The molecule has 36 heavy (non-hydrogen) atoms. The summed E-state index contributed by atoms with van der Waals surface area (Å²) in [5.74, 6) is 0.316. The molecule has 1 fully saturated rings. The number of rotatable bonds is 6. The van der Waals surface area contributed by atoms with Crippen molar-refractivity contribution in [1.29, 1.82) is 0 Å². The van der Waals surface area contributed by atoms with Crippen LogP contribution in [0.25, 0.3) is 0 Å². The predicted molar refractivity (Wildman–Crippen MR) is 137 cm³/mol. The largest absolute Gasteiger partial charge is 0.443 e. The van der Waals surface area contributed by atoms with E-state index in [9.17, 15) is 18.0 Å². The molecule has 1 saturated carbocycles. The third-order valence-corrected chi connectivity index (χ3v) is 8.28. The molecular formula is C26H34N4O5S. The molecule has 0 bridgehead atoms. The number of carbonyl (C=O) groups excluding carboxylic acids is 2. The number of ketones is 1. The lowest BCUT2D eigenvalue weighted by molar-refractivity contribution is -0.122. The van der Waals surface area contributed by atoms with Crippen LogP contribution in [0.15, 0.2) is 35.4 Å². The van der Waals surface area contributed by atoms with Gasteiger partial charge in [-0.05, 0) is 52.7 Å². The van der Waals surface area contributed by atoms with E-state index >= 15 is 0 Å². The lowest BCUT2D eigenvalue weighted by Crippen LogP contribution is -2.42. The average Bonchev–Trinajstić information content (AvgIpc) is 3.26. The minimum absolute atomic E-state index is 0.0218. The number of amides is 1. The third-order valence-electron chi connectivity index (χ3n) is 6.47. The van der Waals surface area contributed by atoms with Gasteiger partial charge in [0.1, 0.15) is 5.60 Å². The van der Waals surface area contributed by atoms with Crippen LogP contribution in [-0.4, -0.2) is 49.0 Å². The van der Waals surface area contributed by atoms with Gasteiger partial charge in [-0.2, -0.15) is 0 Å². The first-order valence-corrected chi connectivity index (χ1v) is 13.9. The molecule has 2 heterocycles. The second kappa shape index (κ2) is 10.2. The standard InChI is InChI=1S/C26H34N4O5S/c1-18-10-12-20(13-11-18)36(33,34)30-15-14-21-24(30)27-16-23(28-21)29(25(32)35-26(2,3)4)17-22(31)19-8-6-5-7-9-19/h10-13,16,19H,5-9,14-15,17H2,1-4H3. The molecule has 4 rings (SSSR count). The van der Waals surface area contributed by atoms with Gasteiger partial charge in [0.25, 0.3) is 10.0 Å². The smallest absolute Gasteiger partial charge is 0.416 e. The van der Waals surface area contributed by atoms with Crippen LogP contribution < -0.4 is 9.21 Å². The van der Waals surface area contributed by atoms with Crippen molar-refractivity contribution in [3.63, 3.8) is 0 Å². The molecule has 1 aromatic carbocycles. The van der Waals surface area contributed by atoms with Crippen molar-refractivity contribution in [1.82, 2.24) is 9.97 Å². The van der Waals surface area contributed by atoms with Crippen molar-refractivity contribution >= 4 is 33.5 Å². The summed E-state index contributed by atoms with van der Waals surface area (Å²) in [6, 6.07) is 6.65. The number of hydrogen-bond donors (Lipinski definition) is 0. The van der Waals surface area contributed by atoms with Crippen LogP contribution in [0.2, 0.25) is 0 Å². The zero-order valence-electron chi connectivity index (χ0n) is 21.4. The molecule has 1 amide bonds. The van der Waals surface area contributed by atoms with Crippen LogP contribution in [0.4, 0.5) is 16.4 Å². The lowest BCUT2D eigenvalue weighted by atomic mass is 9.86. The molecule has 0 spiro atoms. The highest BCUT2D eigenvalue weighted by Gasteiger charge is 2.35. The molecule has 0 atom stereocenters. The van der Waals surface area contributed by atoms with Gasteiger partial charge in [-0.25, -0.2) is 27.5 Å². The SMILES string of the molecule is Cc1ccc(S(=O)(=O)N2CCc3nc(N(CC(=O)C4CCCCC4)C(=O)OC(C)(C)C)cnc32)cc1. The van der Waals surface area contributed by atoms with E-state index in [-0.39, 0.29) is 41.3 Å². The van der Waals surface area contributed by atoms with E-state index in [2.05, 4.69) is 9.97 Å². The monoisotopic (exact) mass is 514 g/mol. The fourth-order valence-corrected chi connectivity index (χ4v) is 6.01. The first-order valence-electron chi connectivity index (χ1n) is 12.4. The zero-order chi connectivity index (χ0) is 26.1. The van der Waals surface area contributed by atoms with E-state index in [1.54, 1.807) is 45.0 Å². The van der Waals surface area contributed by atoms with Gasteiger partial charge in [0.15, 0.2) is 17.4 Å². The second-order valence-corrected chi connectivity index (χ2v) is 12.4. The molecule has 194 valence electrons. The van der Waals surface area contributed by atoms with Crippen LogP contribution in [0, 0.1) is 12.8 Å². The molecule has 2 aliphatic rings. The summed E-state index contributed by atoms with van der Waals surface area (Å²) in [5.41, 5.74) is 0.666. The van der Waals surface area contributed by atoms with Gasteiger partial charge in [0.05, 0.1) is 23.3 Å². The van der Waals surface area contributed by atoms with Crippen molar-refractivity contribution in [2.75, 3.05) is 22.3 Å². The van der Waals surface area contributed by atoms with Gasteiger partial charge in [-0.1, -0.05) is 37.0 Å². The summed E-state index contributed by atoms with van der Waals surface area (Å²) in [6.45, 7) is 7.21. The molecule has 1 aliphatic heterocycles. The van der Waals surface area contributed by atoms with Crippen molar-refractivity contribution in [3.8, 4) is 0 Å². The maximum absolute atomic E-state index is 13.2. The van der Waals surface area contributed by atoms with Gasteiger partial charge >= 0.3 is 6.09 Å². The first-order chi connectivity index (χ1) is 17.0. The first kappa shape index (κ1) is 26.1. The van der Waals surface area contributed by atoms with E-state index < -0.39 is 21.7 Å².